The van der Waals surface area contributed by atoms with Gasteiger partial charge >= 0.3 is 6.08 Å². The van der Waals surface area contributed by atoms with E-state index >= 15 is 4.39 Å². The fourth-order valence-electron chi connectivity index (χ4n) is 6.27. The smallest absolute Gasteiger partial charge is 0.311 e. The molecule has 1 aliphatic rings. The first-order valence-electron chi connectivity index (χ1n) is 15.7. The highest BCUT2D eigenvalue weighted by atomic mass is 35.5. The molecule has 0 amide bonds. The van der Waals surface area contributed by atoms with Crippen LogP contribution in [0, 0.1) is 36.1 Å². The van der Waals surface area contributed by atoms with Crippen LogP contribution in [0.25, 0.3) is 22.2 Å². The number of ether oxygens (including phenoxy) is 2. The molecule has 2 atom stereocenters. The van der Waals surface area contributed by atoms with Gasteiger partial charge in [0.15, 0.2) is 5.82 Å². The maximum absolute atomic E-state index is 16.6. The van der Waals surface area contributed by atoms with Crippen LogP contribution in [0.2, 0.25) is 5.02 Å². The molecule has 3 heterocycles. The van der Waals surface area contributed by atoms with E-state index in [0.717, 1.165) is 28.2 Å². The zero-order valence-electron chi connectivity index (χ0n) is 27.2. The van der Waals surface area contributed by atoms with E-state index in [1.54, 1.807) is 26.4 Å². The first kappa shape index (κ1) is 32.9. The zero-order chi connectivity index (χ0) is 33.9. The fourth-order valence-corrected chi connectivity index (χ4v) is 6.56. The zero-order valence-corrected chi connectivity index (χ0v) is 27.9. The number of anilines is 2. The Kier molecular flexibility index (Phi) is 9.60. The van der Waals surface area contributed by atoms with Crippen molar-refractivity contribution in [2.75, 3.05) is 30.6 Å². The van der Waals surface area contributed by atoms with Crippen LogP contribution in [0.4, 0.5) is 20.4 Å². The van der Waals surface area contributed by atoms with Crippen LogP contribution in [-0.2, 0) is 13.1 Å². The molecule has 11 heteroatoms. The summed E-state index contributed by atoms with van der Waals surface area (Å²) in [6.45, 7) is 5.34. The van der Waals surface area contributed by atoms with Crippen molar-refractivity contribution in [1.29, 1.82) is 5.26 Å². The molecule has 2 aromatic heterocycles. The van der Waals surface area contributed by atoms with Gasteiger partial charge in [-0.25, -0.2) is 9.37 Å². The fraction of sp³-hybridized carbons (Fsp3) is 0.297. The Bertz CT molecular complexity index is 1940. The summed E-state index contributed by atoms with van der Waals surface area (Å²) in [6, 6.07) is 23.1. The van der Waals surface area contributed by atoms with E-state index in [0.29, 0.717) is 49.4 Å². The van der Waals surface area contributed by atoms with Crippen LogP contribution >= 0.6 is 11.6 Å². The number of aryl methyl sites for hydroxylation is 1. The lowest BCUT2D eigenvalue weighted by Crippen LogP contribution is -2.41. The summed E-state index contributed by atoms with van der Waals surface area (Å²) in [5.41, 5.74) is 3.04. The van der Waals surface area contributed by atoms with Gasteiger partial charge in [-0.05, 0) is 85.8 Å². The Hall–Kier alpha value is -5.01. The van der Waals surface area contributed by atoms with Crippen LogP contribution in [0.5, 0.6) is 11.5 Å². The van der Waals surface area contributed by atoms with Crippen LogP contribution in [0.1, 0.15) is 36.5 Å². The molecule has 0 saturated carbocycles. The van der Waals surface area contributed by atoms with E-state index < -0.39 is 11.9 Å². The molecule has 8 nitrogen and oxygen atoms in total. The van der Waals surface area contributed by atoms with Crippen LogP contribution in [0.15, 0.2) is 66.7 Å². The quantitative estimate of drug-likeness (QED) is 0.145. The molecule has 0 aliphatic carbocycles. The Morgan fingerprint density at radius 1 is 0.938 bits per heavy atom. The minimum atomic E-state index is -1.04. The standard InChI is InChI=1S/C37H35ClF2N6O2/c1-22-15-31(33-30(38)18-29-35(34(33)39)43-37(40)44-36(29)46-14-13-26(19-41)17-23(46)2)42-32(16-22)45(20-24-5-9-27(47-3)10-6-24)21-25-7-11-28(48-4)12-8-25/h5-12,15-16,18,23,26H,13-14,17,20-21H2,1-4H3. The molecule has 0 spiro atoms. The van der Waals surface area contributed by atoms with Crippen molar-refractivity contribution in [3.8, 4) is 28.8 Å². The van der Waals surface area contributed by atoms with Crippen molar-refractivity contribution >= 4 is 34.1 Å². The second-order valence-corrected chi connectivity index (χ2v) is 12.5. The Labute approximate surface area is 283 Å². The molecule has 48 heavy (non-hydrogen) atoms. The molecule has 5 aromatic rings. The monoisotopic (exact) mass is 668 g/mol. The summed E-state index contributed by atoms with van der Waals surface area (Å²) in [5, 5.41) is 9.83. The highest BCUT2D eigenvalue weighted by molar-refractivity contribution is 6.34. The Morgan fingerprint density at radius 3 is 2.12 bits per heavy atom. The summed E-state index contributed by atoms with van der Waals surface area (Å²) >= 11 is 6.85. The van der Waals surface area contributed by atoms with E-state index in [-0.39, 0.29) is 33.9 Å². The van der Waals surface area contributed by atoms with Gasteiger partial charge in [0, 0.05) is 37.0 Å². The average molecular weight is 669 g/mol. The van der Waals surface area contributed by atoms with E-state index in [1.807, 2.05) is 73.3 Å². The highest BCUT2D eigenvalue weighted by Crippen LogP contribution is 2.40. The summed E-state index contributed by atoms with van der Waals surface area (Å²) < 4.78 is 42.2. The van der Waals surface area contributed by atoms with Crippen molar-refractivity contribution in [2.24, 2.45) is 5.92 Å². The van der Waals surface area contributed by atoms with E-state index in [2.05, 4.69) is 20.9 Å². The van der Waals surface area contributed by atoms with Crippen molar-refractivity contribution < 1.29 is 18.3 Å². The maximum Gasteiger partial charge on any atom is 0.311 e. The Balaban J connectivity index is 1.42. The Morgan fingerprint density at radius 2 is 1.56 bits per heavy atom. The molecule has 0 bridgehead atoms. The van der Waals surface area contributed by atoms with Crippen molar-refractivity contribution in [1.82, 2.24) is 15.0 Å². The van der Waals surface area contributed by atoms with Crippen LogP contribution < -0.4 is 19.3 Å². The van der Waals surface area contributed by atoms with Crippen molar-refractivity contribution in [2.45, 2.75) is 45.8 Å². The molecular formula is C37H35ClF2N6O2. The first-order valence-corrected chi connectivity index (χ1v) is 16.1. The third-order valence-electron chi connectivity index (χ3n) is 8.77. The van der Waals surface area contributed by atoms with E-state index in [9.17, 15) is 9.65 Å². The SMILES string of the molecule is COc1ccc(CN(Cc2ccc(OC)cc2)c2cc(C)cc(-c3c(Cl)cc4c(N5CCC(C#N)CC5C)nc(F)nc4c3F)n2)cc1. The first-order chi connectivity index (χ1) is 23.2. The van der Waals surface area contributed by atoms with Gasteiger partial charge in [-0.3, -0.25) is 0 Å². The number of nitriles is 1. The summed E-state index contributed by atoms with van der Waals surface area (Å²) in [6.07, 6.45) is 0.154. The predicted molar refractivity (Wildman–Crippen MR) is 183 cm³/mol. The summed E-state index contributed by atoms with van der Waals surface area (Å²) in [5.74, 6) is 1.50. The molecular weight excluding hydrogens is 634 g/mol. The number of hydrogen-bond donors (Lipinski definition) is 0. The molecule has 1 saturated heterocycles. The third kappa shape index (κ3) is 6.83. The second kappa shape index (κ2) is 14.0. The molecule has 246 valence electrons. The van der Waals surface area contributed by atoms with Gasteiger partial charge in [0.05, 0.1) is 36.6 Å². The molecule has 2 unspecified atom stereocenters. The van der Waals surface area contributed by atoms with Crippen molar-refractivity contribution in [3.05, 3.63) is 100 Å². The number of nitrogens with zero attached hydrogens (tertiary/aromatic N) is 6. The number of hydrogen-bond acceptors (Lipinski definition) is 8. The van der Waals surface area contributed by atoms with E-state index in [1.165, 1.54) is 0 Å². The number of methoxy groups -OCH3 is 2. The summed E-state index contributed by atoms with van der Waals surface area (Å²) in [7, 11) is 3.25. The minimum absolute atomic E-state index is 0.0308. The number of fused-ring (bicyclic) bond motifs is 1. The predicted octanol–water partition coefficient (Wildman–Crippen LogP) is 8.28. The molecule has 0 radical (unpaired) electrons. The number of benzene rings is 3. The summed E-state index contributed by atoms with van der Waals surface area (Å²) in [4.78, 5) is 16.9. The van der Waals surface area contributed by atoms with Gasteiger partial charge in [0.1, 0.15) is 28.7 Å². The normalized spacial score (nSPS) is 16.1. The lowest BCUT2D eigenvalue weighted by molar-refractivity contribution is 0.412. The third-order valence-corrected chi connectivity index (χ3v) is 9.07. The van der Waals surface area contributed by atoms with E-state index in [4.69, 9.17) is 26.1 Å². The van der Waals surface area contributed by atoms with Gasteiger partial charge < -0.3 is 19.3 Å². The average Bonchev–Trinajstić information content (AvgIpc) is 3.08. The number of pyridine rings is 1. The van der Waals surface area contributed by atoms with Gasteiger partial charge in [0.2, 0.25) is 0 Å². The molecule has 0 N–H and O–H groups in total. The topological polar surface area (TPSA) is 87.4 Å². The highest BCUT2D eigenvalue weighted by Gasteiger charge is 2.30. The van der Waals surface area contributed by atoms with Gasteiger partial charge in [-0.2, -0.15) is 19.6 Å². The number of rotatable bonds is 9. The second-order valence-electron chi connectivity index (χ2n) is 12.1. The van der Waals surface area contributed by atoms with Gasteiger partial charge in [0.25, 0.3) is 0 Å². The van der Waals surface area contributed by atoms with Crippen LogP contribution in [0.3, 0.4) is 0 Å². The lowest BCUT2D eigenvalue weighted by Gasteiger charge is -2.36. The number of aromatic nitrogens is 3. The van der Waals surface area contributed by atoms with Gasteiger partial charge in [-0.15, -0.1) is 0 Å². The van der Waals surface area contributed by atoms with Crippen LogP contribution in [-0.4, -0.2) is 41.8 Å². The van der Waals surface area contributed by atoms with Gasteiger partial charge in [-0.1, -0.05) is 35.9 Å². The lowest BCUT2D eigenvalue weighted by atomic mass is 9.92. The minimum Gasteiger partial charge on any atom is -0.497 e. The molecule has 3 aromatic carbocycles. The van der Waals surface area contributed by atoms with Crippen molar-refractivity contribution in [3.63, 3.8) is 0 Å². The largest absolute Gasteiger partial charge is 0.497 e. The molecule has 1 aliphatic heterocycles. The number of piperidine rings is 1. The molecule has 1 fully saturated rings. The number of halogens is 3. The maximum atomic E-state index is 16.6. The molecule has 6 rings (SSSR count).